The normalized spacial score (nSPS) is 13.1. The van der Waals surface area contributed by atoms with Gasteiger partial charge in [0.1, 0.15) is 11.5 Å². The molecule has 206 valence electrons. The van der Waals surface area contributed by atoms with Gasteiger partial charge in [-0.25, -0.2) is 14.4 Å². The topological polar surface area (TPSA) is 78.9 Å². The molecule has 0 aliphatic carbocycles. The summed E-state index contributed by atoms with van der Waals surface area (Å²) in [5.41, 5.74) is 4.05. The van der Waals surface area contributed by atoms with E-state index in [1.54, 1.807) is 97.1 Å². The number of fused-ring (bicyclic) bond motifs is 1. The van der Waals surface area contributed by atoms with E-state index in [1.807, 2.05) is 38.1 Å². The Morgan fingerprint density at radius 3 is 1.55 bits per heavy atom. The van der Waals surface area contributed by atoms with Gasteiger partial charge >= 0.3 is 17.9 Å². The molecular formula is C36H26O6. The van der Waals surface area contributed by atoms with Crippen LogP contribution in [0.3, 0.4) is 0 Å². The molecule has 6 nitrogen and oxygen atoms in total. The van der Waals surface area contributed by atoms with E-state index in [9.17, 15) is 14.4 Å². The fraction of sp³-hybridized carbons (Fsp3) is 0.0833. The lowest BCUT2D eigenvalue weighted by molar-refractivity contribution is 0.0251. The van der Waals surface area contributed by atoms with Gasteiger partial charge in [0.15, 0.2) is 5.60 Å². The van der Waals surface area contributed by atoms with Gasteiger partial charge in [-0.2, -0.15) is 0 Å². The molecule has 0 aromatic heterocycles. The molecule has 1 aliphatic rings. The van der Waals surface area contributed by atoms with E-state index in [-0.39, 0.29) is 0 Å². The predicted octanol–water partition coefficient (Wildman–Crippen LogP) is 7.20. The maximum atomic E-state index is 13.1. The zero-order valence-electron chi connectivity index (χ0n) is 23.0. The van der Waals surface area contributed by atoms with Crippen LogP contribution in [0.1, 0.15) is 58.9 Å². The van der Waals surface area contributed by atoms with E-state index in [4.69, 9.17) is 14.2 Å². The van der Waals surface area contributed by atoms with Crippen molar-refractivity contribution in [2.45, 2.75) is 19.4 Å². The lowest BCUT2D eigenvalue weighted by Gasteiger charge is -2.30. The third kappa shape index (κ3) is 4.95. The van der Waals surface area contributed by atoms with Crippen LogP contribution in [0.4, 0.5) is 0 Å². The number of esters is 3. The summed E-state index contributed by atoms with van der Waals surface area (Å²) in [5, 5.41) is 0. The average Bonchev–Trinajstić information content (AvgIpc) is 3.31. The quantitative estimate of drug-likeness (QED) is 0.163. The number of hydrogen-bond donors (Lipinski definition) is 0. The van der Waals surface area contributed by atoms with Crippen LogP contribution in [0.5, 0.6) is 11.5 Å². The summed E-state index contributed by atoms with van der Waals surface area (Å²) < 4.78 is 17.4. The van der Waals surface area contributed by atoms with E-state index in [2.05, 4.69) is 0 Å². The number of rotatable bonds is 6. The Bertz CT molecular complexity index is 1720. The second kappa shape index (κ2) is 10.8. The van der Waals surface area contributed by atoms with Gasteiger partial charge in [-0.15, -0.1) is 0 Å². The summed E-state index contributed by atoms with van der Waals surface area (Å²) in [6.07, 6.45) is 0. The third-order valence-electron chi connectivity index (χ3n) is 7.22. The van der Waals surface area contributed by atoms with Crippen LogP contribution in [0.25, 0.3) is 0 Å². The van der Waals surface area contributed by atoms with Crippen molar-refractivity contribution in [2.75, 3.05) is 0 Å². The first-order valence-corrected chi connectivity index (χ1v) is 13.4. The van der Waals surface area contributed by atoms with Crippen LogP contribution < -0.4 is 9.47 Å². The number of ether oxygens (including phenoxy) is 3. The molecule has 0 radical (unpaired) electrons. The maximum absolute atomic E-state index is 13.1. The average molecular weight is 555 g/mol. The Hall–Kier alpha value is -5.49. The summed E-state index contributed by atoms with van der Waals surface area (Å²) in [4.78, 5) is 38.4. The van der Waals surface area contributed by atoms with Crippen LogP contribution in [-0.4, -0.2) is 17.9 Å². The van der Waals surface area contributed by atoms with Crippen molar-refractivity contribution in [1.29, 1.82) is 0 Å². The van der Waals surface area contributed by atoms with Crippen molar-refractivity contribution < 1.29 is 28.6 Å². The highest BCUT2D eigenvalue weighted by atomic mass is 16.6. The standard InChI is InChI=1S/C36H26O6/c1-23-7-5-9-25(21-23)33(37)40-29-17-13-27(14-18-29)36(32-12-4-3-11-31(32)35(39)42-36)28-15-19-30(20-16-28)41-34(38)26-10-6-8-24(2)22-26/h3-22H,1-2H3. The Balaban J connectivity index is 1.32. The molecule has 1 aliphatic heterocycles. The van der Waals surface area contributed by atoms with E-state index < -0.39 is 23.5 Å². The number of carbonyl (C=O) groups is 3. The van der Waals surface area contributed by atoms with E-state index >= 15 is 0 Å². The van der Waals surface area contributed by atoms with Crippen LogP contribution in [-0.2, 0) is 10.3 Å². The van der Waals surface area contributed by atoms with Crippen molar-refractivity contribution in [3.05, 3.63) is 166 Å². The minimum absolute atomic E-state index is 0.358. The number of cyclic esters (lactones) is 1. The summed E-state index contributed by atoms with van der Waals surface area (Å²) in [5.74, 6) is -0.660. The maximum Gasteiger partial charge on any atom is 0.343 e. The Morgan fingerprint density at radius 2 is 1.07 bits per heavy atom. The predicted molar refractivity (Wildman–Crippen MR) is 157 cm³/mol. The molecule has 6 heteroatoms. The van der Waals surface area contributed by atoms with Gasteiger partial charge in [-0.1, -0.05) is 77.9 Å². The zero-order valence-corrected chi connectivity index (χ0v) is 23.0. The van der Waals surface area contributed by atoms with E-state index in [0.29, 0.717) is 44.9 Å². The van der Waals surface area contributed by atoms with Crippen molar-refractivity contribution in [3.8, 4) is 11.5 Å². The molecule has 0 saturated heterocycles. The first kappa shape index (κ1) is 26.7. The first-order valence-electron chi connectivity index (χ1n) is 13.4. The molecule has 0 bridgehead atoms. The number of hydrogen-bond acceptors (Lipinski definition) is 6. The smallest absolute Gasteiger partial charge is 0.343 e. The van der Waals surface area contributed by atoms with Gasteiger partial charge in [0.2, 0.25) is 0 Å². The number of benzene rings is 5. The molecule has 42 heavy (non-hydrogen) atoms. The summed E-state index contributed by atoms with van der Waals surface area (Å²) in [6.45, 7) is 3.82. The summed E-state index contributed by atoms with van der Waals surface area (Å²) in [6, 6.07) is 35.4. The molecule has 0 fully saturated rings. The van der Waals surface area contributed by atoms with Gasteiger partial charge in [-0.05, 0) is 68.4 Å². The molecule has 6 rings (SSSR count). The van der Waals surface area contributed by atoms with Crippen LogP contribution >= 0.6 is 0 Å². The minimum Gasteiger partial charge on any atom is -0.441 e. The lowest BCUT2D eigenvalue weighted by atomic mass is 9.80. The summed E-state index contributed by atoms with van der Waals surface area (Å²) in [7, 11) is 0. The van der Waals surface area contributed by atoms with Crippen LogP contribution in [0.15, 0.2) is 121 Å². The second-order valence-electron chi connectivity index (χ2n) is 10.2. The molecule has 0 amide bonds. The van der Waals surface area contributed by atoms with E-state index in [1.165, 1.54) is 0 Å². The van der Waals surface area contributed by atoms with Gasteiger partial charge in [0, 0.05) is 16.7 Å². The Morgan fingerprint density at radius 1 is 0.595 bits per heavy atom. The summed E-state index contributed by atoms with van der Waals surface area (Å²) >= 11 is 0. The van der Waals surface area contributed by atoms with Crippen molar-refractivity contribution >= 4 is 17.9 Å². The molecule has 0 saturated carbocycles. The molecule has 1 heterocycles. The monoisotopic (exact) mass is 554 g/mol. The first-order chi connectivity index (χ1) is 20.3. The zero-order chi connectivity index (χ0) is 29.3. The molecule has 5 aromatic rings. The second-order valence-corrected chi connectivity index (χ2v) is 10.2. The SMILES string of the molecule is Cc1cccc(C(=O)Oc2ccc(C3(c4ccc(OC(=O)c5cccc(C)c5)cc4)OC(=O)c4ccccc43)cc2)c1. The molecular weight excluding hydrogens is 528 g/mol. The van der Waals surface area contributed by atoms with Gasteiger partial charge < -0.3 is 14.2 Å². The highest BCUT2D eigenvalue weighted by molar-refractivity contribution is 5.96. The van der Waals surface area contributed by atoms with Gasteiger partial charge in [0.25, 0.3) is 0 Å². The molecule has 0 N–H and O–H groups in total. The van der Waals surface area contributed by atoms with E-state index in [0.717, 1.165) is 11.1 Å². The Labute approximate surface area is 243 Å². The van der Waals surface area contributed by atoms with Crippen LogP contribution in [0.2, 0.25) is 0 Å². The minimum atomic E-state index is -1.26. The van der Waals surface area contributed by atoms with Crippen LogP contribution in [0, 0.1) is 13.8 Å². The fourth-order valence-electron chi connectivity index (χ4n) is 5.20. The van der Waals surface area contributed by atoms with Crippen molar-refractivity contribution in [2.24, 2.45) is 0 Å². The third-order valence-corrected chi connectivity index (χ3v) is 7.22. The molecule has 0 atom stereocenters. The molecule has 5 aromatic carbocycles. The van der Waals surface area contributed by atoms with Gasteiger partial charge in [-0.3, -0.25) is 0 Å². The molecule has 0 spiro atoms. The lowest BCUT2D eigenvalue weighted by Crippen LogP contribution is -2.29. The van der Waals surface area contributed by atoms with Crippen molar-refractivity contribution in [1.82, 2.24) is 0 Å². The highest BCUT2D eigenvalue weighted by Crippen LogP contribution is 2.47. The fourth-order valence-corrected chi connectivity index (χ4v) is 5.20. The van der Waals surface area contributed by atoms with Gasteiger partial charge in [0.05, 0.1) is 16.7 Å². The van der Waals surface area contributed by atoms with Crippen molar-refractivity contribution in [3.63, 3.8) is 0 Å². The molecule has 0 unspecified atom stereocenters. The number of aryl methyl sites for hydroxylation is 2. The Kier molecular flexibility index (Phi) is 6.88. The highest BCUT2D eigenvalue weighted by Gasteiger charge is 2.48. The largest absolute Gasteiger partial charge is 0.441 e. The number of carbonyl (C=O) groups excluding carboxylic acids is 3.